The number of hydrogen-bond acceptors (Lipinski definition) is 7. The lowest BCUT2D eigenvalue weighted by molar-refractivity contribution is -0.384. The molecule has 1 fully saturated rings. The first kappa shape index (κ1) is 20.3. The number of carbonyl (C=O) groups is 1. The number of nitro groups is 1. The summed E-state index contributed by atoms with van der Waals surface area (Å²) in [7, 11) is 1.28. The molecule has 1 N–H and O–H groups in total. The van der Waals surface area contributed by atoms with Gasteiger partial charge in [0.25, 0.3) is 5.69 Å². The fourth-order valence-corrected chi connectivity index (χ4v) is 3.39. The van der Waals surface area contributed by atoms with E-state index >= 15 is 0 Å². The average Bonchev–Trinajstić information content (AvgIpc) is 2.72. The molecule has 1 aromatic heterocycles. The summed E-state index contributed by atoms with van der Waals surface area (Å²) in [6.45, 7) is 3.38. The minimum atomic E-state index is -0.505. The highest BCUT2D eigenvalue weighted by atomic mass is 16.6. The number of pyridine rings is 1. The van der Waals surface area contributed by atoms with E-state index < -0.39 is 5.97 Å². The van der Waals surface area contributed by atoms with Crippen molar-refractivity contribution in [3.05, 3.63) is 63.8 Å². The van der Waals surface area contributed by atoms with Crippen LogP contribution in [0.3, 0.4) is 0 Å². The normalized spacial score (nSPS) is 14.8. The molecular weight excluding hydrogens is 372 g/mol. The smallest absolute Gasteiger partial charge is 0.330 e. The molecule has 8 nitrogen and oxygen atoms in total. The Kier molecular flexibility index (Phi) is 6.43. The fraction of sp³-hybridized carbons (Fsp3) is 0.333. The topological polar surface area (TPSA) is 97.6 Å². The number of hydrogen-bond donors (Lipinski definition) is 1. The summed E-state index contributed by atoms with van der Waals surface area (Å²) in [6.07, 6.45) is 4.47. The van der Waals surface area contributed by atoms with Crippen LogP contribution in [-0.4, -0.2) is 42.1 Å². The number of nitrogens with one attached hydrogen (secondary N) is 1. The Hall–Kier alpha value is -3.42. The third kappa shape index (κ3) is 5.31. The molecule has 2 heterocycles. The first-order valence-corrected chi connectivity index (χ1v) is 9.46. The Labute approximate surface area is 169 Å². The molecule has 1 aromatic carbocycles. The Morgan fingerprint density at radius 3 is 2.72 bits per heavy atom. The molecule has 2 aromatic rings. The van der Waals surface area contributed by atoms with Gasteiger partial charge in [0, 0.05) is 37.0 Å². The minimum absolute atomic E-state index is 0.0313. The van der Waals surface area contributed by atoms with Gasteiger partial charge in [0.1, 0.15) is 11.5 Å². The Bertz CT molecular complexity index is 921. The van der Waals surface area contributed by atoms with Crippen molar-refractivity contribution in [1.29, 1.82) is 0 Å². The maximum atomic E-state index is 11.6. The van der Waals surface area contributed by atoms with E-state index in [2.05, 4.69) is 15.0 Å². The number of anilines is 2. The van der Waals surface area contributed by atoms with Gasteiger partial charge < -0.3 is 15.0 Å². The van der Waals surface area contributed by atoms with E-state index in [9.17, 15) is 14.9 Å². The van der Waals surface area contributed by atoms with Gasteiger partial charge in [-0.3, -0.25) is 10.1 Å². The summed E-state index contributed by atoms with van der Waals surface area (Å²) in [5.41, 5.74) is 2.17. The predicted molar refractivity (Wildman–Crippen MR) is 112 cm³/mol. The number of nitrogens with zero attached hydrogens (tertiary/aromatic N) is 3. The van der Waals surface area contributed by atoms with E-state index in [-0.39, 0.29) is 16.7 Å². The summed E-state index contributed by atoms with van der Waals surface area (Å²) < 4.78 is 4.55. The van der Waals surface area contributed by atoms with Gasteiger partial charge in [-0.2, -0.15) is 0 Å². The number of ether oxygens (including phenoxy) is 1. The van der Waals surface area contributed by atoms with E-state index in [1.54, 1.807) is 12.1 Å². The maximum Gasteiger partial charge on any atom is 0.330 e. The molecule has 3 rings (SSSR count). The van der Waals surface area contributed by atoms with Gasteiger partial charge >= 0.3 is 5.97 Å². The summed E-state index contributed by atoms with van der Waals surface area (Å²) in [5.74, 6) is 0.352. The quantitative estimate of drug-likeness (QED) is 0.345. The van der Waals surface area contributed by atoms with Crippen molar-refractivity contribution in [2.75, 3.05) is 30.4 Å². The molecule has 29 heavy (non-hydrogen) atoms. The molecule has 0 saturated carbocycles. The van der Waals surface area contributed by atoms with Crippen molar-refractivity contribution in [3.63, 3.8) is 0 Å². The summed E-state index contributed by atoms with van der Waals surface area (Å²) in [4.78, 5) is 29.0. The van der Waals surface area contributed by atoms with Crippen LogP contribution in [0.1, 0.15) is 24.1 Å². The van der Waals surface area contributed by atoms with Crippen LogP contribution < -0.4 is 10.2 Å². The number of rotatable bonds is 6. The number of esters is 1. The molecule has 152 valence electrons. The van der Waals surface area contributed by atoms with Crippen LogP contribution in [0.25, 0.3) is 6.08 Å². The average molecular weight is 396 g/mol. The van der Waals surface area contributed by atoms with E-state index in [4.69, 9.17) is 0 Å². The molecule has 1 aliphatic rings. The Morgan fingerprint density at radius 1 is 1.31 bits per heavy atom. The maximum absolute atomic E-state index is 11.6. The largest absolute Gasteiger partial charge is 0.466 e. The van der Waals surface area contributed by atoms with Gasteiger partial charge in [-0.05, 0) is 49.6 Å². The second-order valence-electron chi connectivity index (χ2n) is 6.93. The second-order valence-corrected chi connectivity index (χ2v) is 6.93. The third-order valence-electron chi connectivity index (χ3n) is 4.89. The summed E-state index contributed by atoms with van der Waals surface area (Å²) in [6, 6.07) is 11.1. The van der Waals surface area contributed by atoms with Gasteiger partial charge in [-0.1, -0.05) is 12.1 Å². The van der Waals surface area contributed by atoms with Crippen LogP contribution in [-0.2, 0) is 9.53 Å². The van der Waals surface area contributed by atoms with Crippen LogP contribution in [0.2, 0.25) is 0 Å². The van der Waals surface area contributed by atoms with Crippen LogP contribution >= 0.6 is 0 Å². The highest BCUT2D eigenvalue weighted by molar-refractivity contribution is 5.87. The lowest BCUT2D eigenvalue weighted by Crippen LogP contribution is -2.39. The van der Waals surface area contributed by atoms with Gasteiger partial charge in [0.15, 0.2) is 0 Å². The zero-order valence-electron chi connectivity index (χ0n) is 16.5. The molecule has 0 amide bonds. The molecule has 1 saturated heterocycles. The van der Waals surface area contributed by atoms with Gasteiger partial charge in [-0.25, -0.2) is 9.78 Å². The molecule has 0 radical (unpaired) electrons. The van der Waals surface area contributed by atoms with E-state index in [1.165, 1.54) is 25.3 Å². The van der Waals surface area contributed by atoms with E-state index in [0.717, 1.165) is 24.4 Å². The zero-order chi connectivity index (χ0) is 20.8. The zero-order valence-corrected chi connectivity index (χ0v) is 16.5. The van der Waals surface area contributed by atoms with Gasteiger partial charge in [-0.15, -0.1) is 0 Å². The van der Waals surface area contributed by atoms with Crippen molar-refractivity contribution in [2.45, 2.75) is 25.8 Å². The summed E-state index contributed by atoms with van der Waals surface area (Å²) in [5, 5.41) is 15.0. The Balaban J connectivity index is 1.68. The van der Waals surface area contributed by atoms with Crippen molar-refractivity contribution >= 4 is 29.2 Å². The molecule has 0 unspecified atom stereocenters. The second kappa shape index (κ2) is 9.18. The predicted octanol–water partition coefficient (Wildman–Crippen LogP) is 3.57. The highest BCUT2D eigenvalue weighted by Gasteiger charge is 2.25. The van der Waals surface area contributed by atoms with Crippen LogP contribution in [0.15, 0.2) is 42.5 Å². The van der Waals surface area contributed by atoms with E-state index in [1.807, 2.05) is 30.0 Å². The number of aromatic nitrogens is 1. The number of carbonyl (C=O) groups excluding carboxylic acids is 1. The van der Waals surface area contributed by atoms with Crippen molar-refractivity contribution < 1.29 is 14.5 Å². The number of nitro benzene ring substituents is 1. The molecular formula is C21H24N4O4. The fourth-order valence-electron chi connectivity index (χ4n) is 3.39. The van der Waals surface area contributed by atoms with Crippen LogP contribution in [0.4, 0.5) is 17.2 Å². The number of piperidine rings is 1. The SMILES string of the molecule is COC(=O)/C=C/c1ccc(N2CCC(Nc3cccc(C)n3)CC2)c([N+](=O)[O-])c1. The molecule has 0 bridgehead atoms. The molecule has 0 aliphatic carbocycles. The first-order chi connectivity index (χ1) is 14.0. The Morgan fingerprint density at radius 2 is 2.07 bits per heavy atom. The highest BCUT2D eigenvalue weighted by Crippen LogP contribution is 2.32. The van der Waals surface area contributed by atoms with Gasteiger partial charge in [0.05, 0.1) is 12.0 Å². The molecule has 8 heteroatoms. The number of methoxy groups -OCH3 is 1. The van der Waals surface area contributed by atoms with Gasteiger partial charge in [0.2, 0.25) is 0 Å². The van der Waals surface area contributed by atoms with Crippen LogP contribution in [0.5, 0.6) is 0 Å². The number of benzene rings is 1. The standard InChI is InChI=1S/C21H24N4O4/c1-15-4-3-5-20(22-15)23-17-10-12-24(13-11-17)18-8-6-16(7-9-21(26)29-2)14-19(18)25(27)28/h3-9,14,17H,10-13H2,1-2H3,(H,22,23)/b9-7+. The van der Waals surface area contributed by atoms with Crippen LogP contribution in [0, 0.1) is 17.0 Å². The van der Waals surface area contributed by atoms with Crippen molar-refractivity contribution in [2.24, 2.45) is 0 Å². The lowest BCUT2D eigenvalue weighted by Gasteiger charge is -2.34. The number of aryl methyl sites for hydroxylation is 1. The summed E-state index contributed by atoms with van der Waals surface area (Å²) >= 11 is 0. The molecule has 1 aliphatic heterocycles. The first-order valence-electron chi connectivity index (χ1n) is 9.46. The molecule has 0 spiro atoms. The van der Waals surface area contributed by atoms with Crippen molar-refractivity contribution in [1.82, 2.24) is 4.98 Å². The third-order valence-corrected chi connectivity index (χ3v) is 4.89. The van der Waals surface area contributed by atoms with Crippen molar-refractivity contribution in [3.8, 4) is 0 Å². The monoisotopic (exact) mass is 396 g/mol. The van der Waals surface area contributed by atoms with E-state index in [0.29, 0.717) is 24.3 Å². The molecule has 0 atom stereocenters. The minimum Gasteiger partial charge on any atom is -0.466 e. The lowest BCUT2D eigenvalue weighted by atomic mass is 10.0.